The van der Waals surface area contributed by atoms with E-state index in [9.17, 15) is 0 Å². The van der Waals surface area contributed by atoms with Gasteiger partial charge in [-0.25, -0.2) is 0 Å². The van der Waals surface area contributed by atoms with Gasteiger partial charge in [-0.05, 0) is 50.5 Å². The molecule has 1 heterocycles. The van der Waals surface area contributed by atoms with Crippen molar-refractivity contribution in [3.8, 4) is 0 Å². The van der Waals surface area contributed by atoms with Crippen LogP contribution in [-0.4, -0.2) is 24.6 Å². The van der Waals surface area contributed by atoms with Gasteiger partial charge < -0.3 is 10.6 Å². The van der Waals surface area contributed by atoms with Crippen LogP contribution in [0.3, 0.4) is 0 Å². The molecule has 0 amide bonds. The third-order valence-corrected chi connectivity index (χ3v) is 2.69. The van der Waals surface area contributed by atoms with E-state index in [1.54, 1.807) is 0 Å². The molecule has 0 aliphatic carbocycles. The van der Waals surface area contributed by atoms with Crippen LogP contribution < -0.4 is 10.6 Å². The van der Waals surface area contributed by atoms with Crippen molar-refractivity contribution in [1.82, 2.24) is 15.6 Å². The summed E-state index contributed by atoms with van der Waals surface area (Å²) in [6, 6.07) is 4.13. The summed E-state index contributed by atoms with van der Waals surface area (Å²) in [7, 11) is 0. The molecular weight excluding hydrogens is 210 g/mol. The average Bonchev–Trinajstić information content (AvgIpc) is 2.30. The second-order valence-electron chi connectivity index (χ2n) is 4.88. The third kappa shape index (κ3) is 6.39. The van der Waals surface area contributed by atoms with Gasteiger partial charge in [-0.15, -0.1) is 0 Å². The van der Waals surface area contributed by atoms with Crippen molar-refractivity contribution in [1.29, 1.82) is 0 Å². The minimum Gasteiger partial charge on any atom is -0.316 e. The Morgan fingerprint density at radius 3 is 2.71 bits per heavy atom. The Kier molecular flexibility index (Phi) is 6.82. The van der Waals surface area contributed by atoms with E-state index < -0.39 is 0 Å². The van der Waals surface area contributed by atoms with Gasteiger partial charge in [0.2, 0.25) is 0 Å². The number of rotatable bonds is 8. The van der Waals surface area contributed by atoms with Crippen molar-refractivity contribution in [2.45, 2.75) is 33.7 Å². The topological polar surface area (TPSA) is 37.0 Å². The predicted molar refractivity (Wildman–Crippen MR) is 73.0 cm³/mol. The lowest BCUT2D eigenvalue weighted by Crippen LogP contribution is -2.24. The van der Waals surface area contributed by atoms with E-state index in [1.165, 1.54) is 12.0 Å². The molecule has 0 saturated heterocycles. The van der Waals surface area contributed by atoms with Crippen LogP contribution in [0.1, 0.15) is 31.5 Å². The van der Waals surface area contributed by atoms with Crippen LogP contribution in [0.2, 0.25) is 0 Å². The largest absolute Gasteiger partial charge is 0.316 e. The molecule has 0 atom stereocenters. The number of nitrogens with zero attached hydrogens (tertiary/aromatic N) is 1. The minimum atomic E-state index is 0.737. The van der Waals surface area contributed by atoms with Crippen LogP contribution in [0.4, 0.5) is 0 Å². The average molecular weight is 235 g/mol. The first-order valence-electron chi connectivity index (χ1n) is 6.52. The summed E-state index contributed by atoms with van der Waals surface area (Å²) < 4.78 is 0. The van der Waals surface area contributed by atoms with E-state index in [0.29, 0.717) is 0 Å². The maximum absolute atomic E-state index is 4.27. The Hall–Kier alpha value is -0.930. The summed E-state index contributed by atoms with van der Waals surface area (Å²) in [4.78, 5) is 4.27. The highest BCUT2D eigenvalue weighted by Gasteiger charge is 1.97. The first-order chi connectivity index (χ1) is 8.20. The number of aromatic nitrogens is 1. The normalized spacial score (nSPS) is 11.1. The lowest BCUT2D eigenvalue weighted by Gasteiger charge is -2.09. The Morgan fingerprint density at radius 2 is 2.00 bits per heavy atom. The second kappa shape index (κ2) is 8.20. The maximum Gasteiger partial charge on any atom is 0.0417 e. The zero-order chi connectivity index (χ0) is 12.5. The number of hydrogen-bond acceptors (Lipinski definition) is 3. The van der Waals surface area contributed by atoms with Gasteiger partial charge in [-0.2, -0.15) is 0 Å². The molecule has 96 valence electrons. The Bertz CT molecular complexity index is 310. The Balaban J connectivity index is 2.03. The van der Waals surface area contributed by atoms with E-state index in [2.05, 4.69) is 42.5 Å². The molecule has 2 N–H and O–H groups in total. The van der Waals surface area contributed by atoms with E-state index in [4.69, 9.17) is 0 Å². The maximum atomic E-state index is 4.27. The molecule has 0 unspecified atom stereocenters. The lowest BCUT2D eigenvalue weighted by atomic mass is 10.2. The molecule has 0 bridgehead atoms. The predicted octanol–water partition coefficient (Wildman–Crippen LogP) is 2.12. The second-order valence-corrected chi connectivity index (χ2v) is 4.88. The molecule has 0 aromatic carbocycles. The standard InChI is InChI=1S/C14H25N3/c1-12(2)10-15-7-5-8-16-11-14-6-4-9-17-13(14)3/h4,6,9,12,15-16H,5,7-8,10-11H2,1-3H3. The number of hydrogen-bond donors (Lipinski definition) is 2. The summed E-state index contributed by atoms with van der Waals surface area (Å²) >= 11 is 0. The molecule has 0 aliphatic rings. The van der Waals surface area contributed by atoms with Crippen molar-refractivity contribution < 1.29 is 0 Å². The Labute approximate surface area is 105 Å². The summed E-state index contributed by atoms with van der Waals surface area (Å²) in [5.74, 6) is 0.737. The molecule has 3 heteroatoms. The molecule has 0 fully saturated rings. The van der Waals surface area contributed by atoms with Crippen LogP contribution in [0.15, 0.2) is 18.3 Å². The van der Waals surface area contributed by atoms with Crippen molar-refractivity contribution >= 4 is 0 Å². The van der Waals surface area contributed by atoms with Crippen molar-refractivity contribution in [3.63, 3.8) is 0 Å². The fourth-order valence-electron chi connectivity index (χ4n) is 1.66. The molecule has 1 rings (SSSR count). The first-order valence-corrected chi connectivity index (χ1v) is 6.52. The summed E-state index contributed by atoms with van der Waals surface area (Å²) in [5, 5.41) is 6.89. The summed E-state index contributed by atoms with van der Waals surface area (Å²) in [5.41, 5.74) is 2.42. The SMILES string of the molecule is Cc1ncccc1CNCCCNCC(C)C. The minimum absolute atomic E-state index is 0.737. The molecule has 1 aromatic rings. The smallest absolute Gasteiger partial charge is 0.0417 e. The molecule has 0 spiro atoms. The van der Waals surface area contributed by atoms with Gasteiger partial charge in [-0.1, -0.05) is 19.9 Å². The van der Waals surface area contributed by atoms with Gasteiger partial charge in [0.05, 0.1) is 0 Å². The van der Waals surface area contributed by atoms with Crippen LogP contribution in [0, 0.1) is 12.8 Å². The van der Waals surface area contributed by atoms with Gasteiger partial charge in [0.25, 0.3) is 0 Å². The van der Waals surface area contributed by atoms with Crippen LogP contribution >= 0.6 is 0 Å². The quantitative estimate of drug-likeness (QED) is 0.678. The highest BCUT2D eigenvalue weighted by molar-refractivity contribution is 5.17. The van der Waals surface area contributed by atoms with E-state index >= 15 is 0 Å². The number of nitrogens with one attached hydrogen (secondary N) is 2. The highest BCUT2D eigenvalue weighted by Crippen LogP contribution is 2.02. The zero-order valence-corrected chi connectivity index (χ0v) is 11.3. The fraction of sp³-hybridized carbons (Fsp3) is 0.643. The van der Waals surface area contributed by atoms with Gasteiger partial charge in [-0.3, -0.25) is 4.98 Å². The third-order valence-electron chi connectivity index (χ3n) is 2.69. The Morgan fingerprint density at radius 1 is 1.24 bits per heavy atom. The number of aryl methyl sites for hydroxylation is 1. The summed E-state index contributed by atoms with van der Waals surface area (Å²) in [6.07, 6.45) is 3.01. The highest BCUT2D eigenvalue weighted by atomic mass is 14.9. The van der Waals surface area contributed by atoms with E-state index in [0.717, 1.165) is 37.8 Å². The molecule has 1 aromatic heterocycles. The monoisotopic (exact) mass is 235 g/mol. The van der Waals surface area contributed by atoms with Crippen molar-refractivity contribution in [2.24, 2.45) is 5.92 Å². The lowest BCUT2D eigenvalue weighted by molar-refractivity contribution is 0.530. The van der Waals surface area contributed by atoms with E-state index in [1.807, 2.05) is 12.3 Å². The molecular formula is C14H25N3. The van der Waals surface area contributed by atoms with Gasteiger partial charge in [0, 0.05) is 18.4 Å². The summed E-state index contributed by atoms with van der Waals surface area (Å²) in [6.45, 7) is 10.7. The van der Waals surface area contributed by atoms with Crippen LogP contribution in [-0.2, 0) is 6.54 Å². The van der Waals surface area contributed by atoms with Crippen molar-refractivity contribution in [2.75, 3.05) is 19.6 Å². The van der Waals surface area contributed by atoms with Gasteiger partial charge >= 0.3 is 0 Å². The van der Waals surface area contributed by atoms with Gasteiger partial charge in [0.15, 0.2) is 0 Å². The first kappa shape index (κ1) is 14.1. The molecule has 0 aliphatic heterocycles. The van der Waals surface area contributed by atoms with Crippen LogP contribution in [0.5, 0.6) is 0 Å². The van der Waals surface area contributed by atoms with Crippen molar-refractivity contribution in [3.05, 3.63) is 29.6 Å². The fourth-order valence-corrected chi connectivity index (χ4v) is 1.66. The molecule has 3 nitrogen and oxygen atoms in total. The molecule has 0 radical (unpaired) electrons. The molecule has 0 saturated carbocycles. The zero-order valence-electron chi connectivity index (χ0n) is 11.3. The van der Waals surface area contributed by atoms with E-state index in [-0.39, 0.29) is 0 Å². The van der Waals surface area contributed by atoms with Crippen LogP contribution in [0.25, 0.3) is 0 Å². The number of pyridine rings is 1. The molecule has 17 heavy (non-hydrogen) atoms. The van der Waals surface area contributed by atoms with Gasteiger partial charge in [0.1, 0.15) is 0 Å².